The summed E-state index contributed by atoms with van der Waals surface area (Å²) in [5, 5.41) is 0.303. The molecule has 0 amide bonds. The molecule has 1 saturated heterocycles. The van der Waals surface area contributed by atoms with Crippen molar-refractivity contribution in [2.75, 3.05) is 19.8 Å². The van der Waals surface area contributed by atoms with Crippen LogP contribution in [0.5, 0.6) is 0 Å². The first kappa shape index (κ1) is 35.1. The maximum Gasteiger partial charge on any atom is 0.255 e. The fraction of sp³-hybridized carbons (Fsp3) is 0.613. The first-order chi connectivity index (χ1) is 20.8. The minimum absolute atomic E-state index is 0.222. The molecule has 0 bridgehead atoms. The van der Waals surface area contributed by atoms with Crippen molar-refractivity contribution in [3.63, 3.8) is 0 Å². The van der Waals surface area contributed by atoms with Crippen LogP contribution in [0.1, 0.15) is 70.5 Å². The lowest BCUT2D eigenvalue weighted by Gasteiger charge is -2.29. The van der Waals surface area contributed by atoms with Crippen molar-refractivity contribution in [2.45, 2.75) is 102 Å². The van der Waals surface area contributed by atoms with E-state index in [0.29, 0.717) is 55.2 Å². The highest BCUT2D eigenvalue weighted by molar-refractivity contribution is 7.90. The Kier molecular flexibility index (Phi) is 12.1. The van der Waals surface area contributed by atoms with E-state index in [4.69, 9.17) is 35.2 Å². The zero-order chi connectivity index (χ0) is 32.0. The minimum Gasteiger partial charge on any atom is -0.598 e. The predicted molar refractivity (Wildman–Crippen MR) is 174 cm³/mol. The van der Waals surface area contributed by atoms with E-state index in [1.165, 1.54) is 18.4 Å². The normalized spacial score (nSPS) is 16.8. The number of ether oxygens (including phenoxy) is 3. The summed E-state index contributed by atoms with van der Waals surface area (Å²) in [6, 6.07) is 6.81. The average Bonchev–Trinajstić information content (AvgIpc) is 3.71. The lowest BCUT2D eigenvalue weighted by atomic mass is 10.0. The van der Waals surface area contributed by atoms with Gasteiger partial charge in [-0.1, -0.05) is 44.1 Å². The van der Waals surface area contributed by atoms with E-state index >= 15 is 0 Å². The Labute approximate surface area is 269 Å². The van der Waals surface area contributed by atoms with E-state index in [-0.39, 0.29) is 18.6 Å². The van der Waals surface area contributed by atoms with Gasteiger partial charge in [0.15, 0.2) is 5.15 Å². The highest BCUT2D eigenvalue weighted by Crippen LogP contribution is 2.37. The number of hydrogen-bond donors (Lipinski definition) is 1. The third-order valence-electron chi connectivity index (χ3n) is 7.43. The summed E-state index contributed by atoms with van der Waals surface area (Å²) in [7, 11) is -1.31. The highest BCUT2D eigenvalue weighted by atomic mass is 35.5. The summed E-state index contributed by atoms with van der Waals surface area (Å²) in [5.74, 6) is -0.264. The lowest BCUT2D eigenvalue weighted by Crippen LogP contribution is -2.42. The molecule has 44 heavy (non-hydrogen) atoms. The molecule has 3 aromatic rings. The number of oxazole rings is 1. The van der Waals surface area contributed by atoms with Crippen LogP contribution < -0.4 is 4.72 Å². The fourth-order valence-electron chi connectivity index (χ4n) is 4.93. The zero-order valence-electron chi connectivity index (χ0n) is 26.7. The minimum atomic E-state index is -1.37. The highest BCUT2D eigenvalue weighted by Gasteiger charge is 2.42. The predicted octanol–water partition coefficient (Wildman–Crippen LogP) is 7.59. The summed E-state index contributed by atoms with van der Waals surface area (Å²) < 4.78 is 55.5. The average molecular weight is 669 g/mol. The van der Waals surface area contributed by atoms with Gasteiger partial charge in [-0.3, -0.25) is 0 Å². The fourth-order valence-corrected chi connectivity index (χ4v) is 6.85. The first-order valence-electron chi connectivity index (χ1n) is 15.2. The van der Waals surface area contributed by atoms with E-state index in [2.05, 4.69) is 29.3 Å². The molecule has 244 valence electrons. The number of benzene rings is 1. The number of aromatic nitrogens is 3. The van der Waals surface area contributed by atoms with Gasteiger partial charge in [0.05, 0.1) is 31.1 Å². The molecule has 0 spiro atoms. The van der Waals surface area contributed by atoms with E-state index in [1.807, 2.05) is 25.3 Å². The van der Waals surface area contributed by atoms with E-state index < -0.39 is 30.0 Å². The van der Waals surface area contributed by atoms with Gasteiger partial charge in [0.1, 0.15) is 29.4 Å². The lowest BCUT2D eigenvalue weighted by molar-refractivity contribution is -0.187. The van der Waals surface area contributed by atoms with Crippen LogP contribution in [0, 0.1) is 5.82 Å². The molecule has 0 radical (unpaired) electrons. The summed E-state index contributed by atoms with van der Waals surface area (Å²) in [6.45, 7) is 14.5. The Morgan fingerprint density at radius 1 is 1.16 bits per heavy atom. The molecule has 1 aliphatic heterocycles. The molecule has 0 saturated carbocycles. The Morgan fingerprint density at radius 3 is 2.48 bits per heavy atom. The molecule has 1 aliphatic rings. The second kappa shape index (κ2) is 15.2. The number of rotatable bonds is 16. The van der Waals surface area contributed by atoms with Crippen LogP contribution in [-0.2, 0) is 38.1 Å². The largest absolute Gasteiger partial charge is 0.598 e. The van der Waals surface area contributed by atoms with Crippen molar-refractivity contribution in [1.82, 2.24) is 19.3 Å². The number of hydrogen-bond acceptors (Lipinski definition) is 8. The van der Waals surface area contributed by atoms with Crippen molar-refractivity contribution in [2.24, 2.45) is 0 Å². The van der Waals surface area contributed by atoms with Crippen LogP contribution >= 0.6 is 11.6 Å². The SMILES string of the molecule is CC(C)(C)[S@@+]([O-])N[C@@H](CCCCCC1(c2ncco2)OCCO1)c1c(Cl)nc(-c2ccc(F)cc2)n1COCC[Si](C)(C)C. The molecular weight excluding hydrogens is 623 g/mol. The smallest absolute Gasteiger partial charge is 0.255 e. The van der Waals surface area contributed by atoms with Gasteiger partial charge in [-0.25, -0.2) is 14.4 Å². The van der Waals surface area contributed by atoms with Crippen LogP contribution in [0.25, 0.3) is 11.4 Å². The Morgan fingerprint density at radius 2 is 1.86 bits per heavy atom. The van der Waals surface area contributed by atoms with E-state index in [0.717, 1.165) is 30.9 Å². The summed E-state index contributed by atoms with van der Waals surface area (Å²) in [4.78, 5) is 8.98. The molecule has 0 aliphatic carbocycles. The van der Waals surface area contributed by atoms with Gasteiger partial charge in [0.25, 0.3) is 5.89 Å². The third kappa shape index (κ3) is 9.38. The van der Waals surface area contributed by atoms with E-state index in [9.17, 15) is 8.94 Å². The number of imidazole rings is 1. The molecule has 2 atom stereocenters. The topological polar surface area (TPSA) is 107 Å². The second-order valence-electron chi connectivity index (χ2n) is 13.3. The van der Waals surface area contributed by atoms with Crippen molar-refractivity contribution in [3.05, 3.63) is 59.3 Å². The summed E-state index contributed by atoms with van der Waals surface area (Å²) >= 11 is 5.49. The molecule has 3 heterocycles. The van der Waals surface area contributed by atoms with Crippen molar-refractivity contribution < 1.29 is 27.6 Å². The van der Waals surface area contributed by atoms with Crippen molar-refractivity contribution in [3.8, 4) is 11.4 Å². The van der Waals surface area contributed by atoms with Gasteiger partial charge in [-0.2, -0.15) is 0 Å². The Balaban J connectivity index is 1.55. The van der Waals surface area contributed by atoms with Crippen LogP contribution in [0.2, 0.25) is 30.8 Å². The standard InChI is InChI=1S/C31H46ClFN4O5SSi/c1-30(2,3)43(38)36-25(10-8-7-9-15-31(41-18-19-42-31)29-34-16-17-40-29)26-27(32)35-28(23-11-13-24(33)14-12-23)37(26)22-39-20-21-44(4,5)6/h11-14,16-17,25,36H,7-10,15,18-22H2,1-6H3/t25-,43+/m0/s1. The monoisotopic (exact) mass is 668 g/mol. The van der Waals surface area contributed by atoms with Gasteiger partial charge in [0.2, 0.25) is 5.79 Å². The number of halogens is 2. The van der Waals surface area contributed by atoms with Crippen LogP contribution in [0.15, 0.2) is 41.1 Å². The quantitative estimate of drug-likeness (QED) is 0.0946. The van der Waals surface area contributed by atoms with Crippen molar-refractivity contribution >= 4 is 31.0 Å². The molecule has 1 N–H and O–H groups in total. The van der Waals surface area contributed by atoms with E-state index in [1.54, 1.807) is 18.3 Å². The van der Waals surface area contributed by atoms with Gasteiger partial charge in [-0.05, 0) is 63.9 Å². The third-order valence-corrected chi connectivity index (χ3v) is 11.0. The van der Waals surface area contributed by atoms with Crippen LogP contribution in [0.3, 0.4) is 0 Å². The van der Waals surface area contributed by atoms with Gasteiger partial charge < -0.3 is 27.7 Å². The van der Waals surface area contributed by atoms with Crippen LogP contribution in [0.4, 0.5) is 4.39 Å². The Hall–Kier alpha value is -1.77. The molecule has 13 heteroatoms. The maximum absolute atomic E-state index is 13.8. The summed E-state index contributed by atoms with van der Waals surface area (Å²) in [6.07, 6.45) is 6.86. The zero-order valence-corrected chi connectivity index (χ0v) is 29.2. The number of unbranched alkanes of at least 4 members (excludes halogenated alkanes) is 2. The Bertz CT molecular complexity index is 1310. The molecule has 9 nitrogen and oxygen atoms in total. The van der Waals surface area contributed by atoms with Crippen molar-refractivity contribution in [1.29, 1.82) is 0 Å². The first-order valence-corrected chi connectivity index (χ1v) is 20.5. The second-order valence-corrected chi connectivity index (χ2v) is 21.3. The molecular formula is C31H46ClFN4O5SSi. The maximum atomic E-state index is 13.8. The van der Waals surface area contributed by atoms with Crippen LogP contribution in [-0.4, -0.2) is 51.7 Å². The van der Waals surface area contributed by atoms with Gasteiger partial charge >= 0.3 is 0 Å². The molecule has 1 fully saturated rings. The van der Waals surface area contributed by atoms with Gasteiger partial charge in [0, 0.05) is 38.0 Å². The number of nitrogens with zero attached hydrogens (tertiary/aromatic N) is 3. The molecule has 4 rings (SSSR count). The molecule has 0 unspecified atom stereocenters. The molecule has 1 aromatic carbocycles. The summed E-state index contributed by atoms with van der Waals surface area (Å²) in [5.41, 5.74) is 1.42. The number of nitrogens with one attached hydrogen (secondary N) is 1. The molecule has 2 aromatic heterocycles. The van der Waals surface area contributed by atoms with Gasteiger partial charge in [-0.15, -0.1) is 4.72 Å².